The number of hydrogen-bond donors (Lipinski definition) is 1. The first-order valence-corrected chi connectivity index (χ1v) is 11.0. The highest BCUT2D eigenvalue weighted by molar-refractivity contribution is 6.00. The highest BCUT2D eigenvalue weighted by atomic mass is 16.3. The lowest BCUT2D eigenvalue weighted by atomic mass is 9.93. The van der Waals surface area contributed by atoms with E-state index < -0.39 is 5.54 Å². The summed E-state index contributed by atoms with van der Waals surface area (Å²) >= 11 is 0. The quantitative estimate of drug-likeness (QED) is 0.676. The van der Waals surface area contributed by atoms with Gasteiger partial charge in [-0.2, -0.15) is 0 Å². The third-order valence-corrected chi connectivity index (χ3v) is 6.65. The molecule has 3 aromatic rings. The van der Waals surface area contributed by atoms with E-state index in [0.717, 1.165) is 36.9 Å². The van der Waals surface area contributed by atoms with Crippen molar-refractivity contribution in [1.29, 1.82) is 0 Å². The van der Waals surface area contributed by atoms with Crippen LogP contribution in [0.1, 0.15) is 48.9 Å². The van der Waals surface area contributed by atoms with E-state index in [9.17, 15) is 9.59 Å². The number of amides is 2. The lowest BCUT2D eigenvalue weighted by Gasteiger charge is -2.44. The van der Waals surface area contributed by atoms with E-state index in [0.29, 0.717) is 18.0 Å². The predicted molar refractivity (Wildman–Crippen MR) is 117 cm³/mol. The van der Waals surface area contributed by atoms with Gasteiger partial charge in [-0.05, 0) is 49.6 Å². The van der Waals surface area contributed by atoms with Crippen molar-refractivity contribution < 1.29 is 14.0 Å². The molecular weight excluding hydrogens is 390 g/mol. The Hall–Kier alpha value is -3.28. The zero-order valence-electron chi connectivity index (χ0n) is 17.7. The van der Waals surface area contributed by atoms with E-state index in [1.807, 2.05) is 60.0 Å². The zero-order chi connectivity index (χ0) is 21.4. The van der Waals surface area contributed by atoms with E-state index in [1.54, 1.807) is 17.2 Å². The molecule has 1 fully saturated rings. The second kappa shape index (κ2) is 7.76. The second-order valence-electron chi connectivity index (χ2n) is 8.76. The number of nitrogens with one attached hydrogen (secondary N) is 1. The minimum absolute atomic E-state index is 0.0994. The van der Waals surface area contributed by atoms with Crippen LogP contribution in [0, 0.1) is 0 Å². The number of benzene rings is 1. The third-order valence-electron chi connectivity index (χ3n) is 6.65. The van der Waals surface area contributed by atoms with E-state index in [1.165, 1.54) is 0 Å². The fourth-order valence-electron chi connectivity index (χ4n) is 4.85. The van der Waals surface area contributed by atoms with Gasteiger partial charge in [-0.25, -0.2) is 0 Å². The average molecular weight is 418 g/mol. The van der Waals surface area contributed by atoms with Crippen molar-refractivity contribution in [1.82, 2.24) is 14.8 Å². The third kappa shape index (κ3) is 3.46. The topological polar surface area (TPSA) is 67.5 Å². The Morgan fingerprint density at radius 3 is 2.52 bits per heavy atom. The molecule has 160 valence electrons. The number of carbonyl (C=O) groups is 2. The van der Waals surface area contributed by atoms with Crippen molar-refractivity contribution in [3.05, 3.63) is 72.3 Å². The molecule has 0 spiro atoms. The molecule has 6 heteroatoms. The maximum absolute atomic E-state index is 13.6. The van der Waals surface area contributed by atoms with E-state index in [4.69, 9.17) is 4.42 Å². The van der Waals surface area contributed by atoms with E-state index >= 15 is 0 Å². The molecule has 1 aliphatic carbocycles. The van der Waals surface area contributed by atoms with Gasteiger partial charge in [-0.15, -0.1) is 0 Å². The lowest BCUT2D eigenvalue weighted by molar-refractivity contribution is -0.134. The molecular formula is C25H27N3O3. The van der Waals surface area contributed by atoms with Crippen molar-refractivity contribution in [2.24, 2.45) is 0 Å². The summed E-state index contributed by atoms with van der Waals surface area (Å²) in [5.41, 5.74) is 1.54. The Morgan fingerprint density at radius 1 is 1.06 bits per heavy atom. The molecule has 1 aromatic carbocycles. The van der Waals surface area contributed by atoms with Gasteiger partial charge in [0.1, 0.15) is 17.0 Å². The van der Waals surface area contributed by atoms with Crippen LogP contribution in [0.2, 0.25) is 0 Å². The van der Waals surface area contributed by atoms with Crippen molar-refractivity contribution in [2.45, 2.75) is 57.3 Å². The Balaban J connectivity index is 1.55. The zero-order valence-corrected chi connectivity index (χ0v) is 17.7. The molecule has 2 aromatic heterocycles. The number of hydrogen-bond acceptors (Lipinski definition) is 3. The Kier molecular flexibility index (Phi) is 4.93. The molecule has 1 atom stereocenters. The average Bonchev–Trinajstić information content (AvgIpc) is 3.54. The monoisotopic (exact) mass is 417 g/mol. The molecule has 6 nitrogen and oxygen atoms in total. The molecule has 2 amide bonds. The molecule has 0 unspecified atom stereocenters. The van der Waals surface area contributed by atoms with Gasteiger partial charge in [0.2, 0.25) is 5.91 Å². The summed E-state index contributed by atoms with van der Waals surface area (Å²) in [6.07, 6.45) is 5.86. The number of nitrogens with zero attached hydrogens (tertiary/aromatic N) is 2. The van der Waals surface area contributed by atoms with Gasteiger partial charge in [0.05, 0.1) is 19.4 Å². The van der Waals surface area contributed by atoms with Crippen molar-refractivity contribution in [2.75, 3.05) is 0 Å². The molecule has 3 heterocycles. The summed E-state index contributed by atoms with van der Waals surface area (Å²) in [7, 11) is 0. The summed E-state index contributed by atoms with van der Waals surface area (Å²) in [4.78, 5) is 28.9. The van der Waals surface area contributed by atoms with Gasteiger partial charge < -0.3 is 19.2 Å². The SMILES string of the molecule is C[C@@]1(C(=O)NC2CCCC2)Cn2c(ccc2-c2ccccc2)C(=O)N1Cc1ccco1. The van der Waals surface area contributed by atoms with E-state index in [2.05, 4.69) is 5.32 Å². The maximum atomic E-state index is 13.6. The standard InChI is InChI=1S/C25H27N3O3/c1-25(24(30)26-19-10-5-6-11-19)17-27-21(18-8-3-2-4-9-18)13-14-22(27)23(29)28(25)16-20-12-7-15-31-20/h2-4,7-9,12-15,19H,5-6,10-11,16-17H2,1H3,(H,26,30)/t25-/m0/s1. The summed E-state index contributed by atoms with van der Waals surface area (Å²) < 4.78 is 7.51. The molecule has 1 N–H and O–H groups in total. The van der Waals surface area contributed by atoms with Gasteiger partial charge in [0.25, 0.3) is 5.91 Å². The summed E-state index contributed by atoms with van der Waals surface area (Å²) in [6, 6.07) is 17.6. The first kappa shape index (κ1) is 19.7. The summed E-state index contributed by atoms with van der Waals surface area (Å²) in [5, 5.41) is 3.22. The van der Waals surface area contributed by atoms with Crippen LogP contribution < -0.4 is 5.32 Å². The number of aromatic nitrogens is 1. The Labute approximate surface area is 181 Å². The first-order chi connectivity index (χ1) is 15.1. The molecule has 5 rings (SSSR count). The smallest absolute Gasteiger partial charge is 0.271 e. The first-order valence-electron chi connectivity index (χ1n) is 11.0. The Bertz CT molecular complexity index is 1080. The molecule has 0 saturated heterocycles. The van der Waals surface area contributed by atoms with E-state index in [-0.39, 0.29) is 24.4 Å². The minimum atomic E-state index is -1.03. The highest BCUT2D eigenvalue weighted by Gasteiger charge is 2.48. The minimum Gasteiger partial charge on any atom is -0.467 e. The number of rotatable bonds is 5. The molecule has 1 aliphatic heterocycles. The van der Waals surface area contributed by atoms with Crippen molar-refractivity contribution >= 4 is 11.8 Å². The summed E-state index contributed by atoms with van der Waals surface area (Å²) in [6.45, 7) is 2.52. The number of furan rings is 1. The largest absolute Gasteiger partial charge is 0.467 e. The van der Waals surface area contributed by atoms with Gasteiger partial charge in [0, 0.05) is 11.7 Å². The van der Waals surface area contributed by atoms with Gasteiger partial charge in [-0.3, -0.25) is 9.59 Å². The number of carbonyl (C=O) groups excluding carboxylic acids is 2. The highest BCUT2D eigenvalue weighted by Crippen LogP contribution is 2.34. The Morgan fingerprint density at radius 2 is 1.81 bits per heavy atom. The fourth-order valence-corrected chi connectivity index (χ4v) is 4.85. The number of fused-ring (bicyclic) bond motifs is 1. The normalized spacial score (nSPS) is 21.3. The van der Waals surface area contributed by atoms with Crippen LogP contribution in [0.4, 0.5) is 0 Å². The molecule has 1 saturated carbocycles. The fraction of sp³-hybridized carbons (Fsp3) is 0.360. The molecule has 2 aliphatic rings. The van der Waals surface area contributed by atoms with Crippen LogP contribution in [0.25, 0.3) is 11.3 Å². The molecule has 31 heavy (non-hydrogen) atoms. The van der Waals surface area contributed by atoms with Crippen molar-refractivity contribution in [3.8, 4) is 11.3 Å². The summed E-state index contributed by atoms with van der Waals surface area (Å²) in [5.74, 6) is 0.406. The van der Waals surface area contributed by atoms with Crippen LogP contribution in [0.3, 0.4) is 0 Å². The molecule has 0 radical (unpaired) electrons. The van der Waals surface area contributed by atoms with Crippen molar-refractivity contribution in [3.63, 3.8) is 0 Å². The second-order valence-corrected chi connectivity index (χ2v) is 8.76. The maximum Gasteiger partial charge on any atom is 0.271 e. The van der Waals surface area contributed by atoms with Crippen LogP contribution in [-0.2, 0) is 17.9 Å². The van der Waals surface area contributed by atoms with Crippen LogP contribution in [-0.4, -0.2) is 32.9 Å². The van der Waals surface area contributed by atoms with Gasteiger partial charge >= 0.3 is 0 Å². The van der Waals surface area contributed by atoms with Gasteiger partial charge in [-0.1, -0.05) is 43.2 Å². The van der Waals surface area contributed by atoms with Crippen LogP contribution >= 0.6 is 0 Å². The molecule has 0 bridgehead atoms. The van der Waals surface area contributed by atoms with Crippen LogP contribution in [0.5, 0.6) is 0 Å². The predicted octanol–water partition coefficient (Wildman–Crippen LogP) is 4.22. The lowest BCUT2D eigenvalue weighted by Crippen LogP contribution is -2.64. The van der Waals surface area contributed by atoms with Gasteiger partial charge in [0.15, 0.2) is 0 Å². The van der Waals surface area contributed by atoms with Crippen LogP contribution in [0.15, 0.2) is 65.3 Å².